The lowest BCUT2D eigenvalue weighted by Crippen LogP contribution is -2.36. The summed E-state index contributed by atoms with van der Waals surface area (Å²) in [5, 5.41) is 3.46. The number of ether oxygens (including phenoxy) is 1. The van der Waals surface area contributed by atoms with Crippen molar-refractivity contribution in [2.45, 2.75) is 39.8 Å². The second-order valence-electron chi connectivity index (χ2n) is 6.59. The van der Waals surface area contributed by atoms with E-state index in [9.17, 15) is 0 Å². The normalized spacial score (nSPS) is 20.3. The van der Waals surface area contributed by atoms with Gasteiger partial charge >= 0.3 is 0 Å². The van der Waals surface area contributed by atoms with Gasteiger partial charge in [-0.1, -0.05) is 13.8 Å². The summed E-state index contributed by atoms with van der Waals surface area (Å²) in [6.07, 6.45) is 4.38. The molecular weight excluding hydrogens is 264 g/mol. The van der Waals surface area contributed by atoms with Crippen molar-refractivity contribution < 1.29 is 9.15 Å². The van der Waals surface area contributed by atoms with Crippen LogP contribution >= 0.6 is 0 Å². The third-order valence-electron chi connectivity index (χ3n) is 4.08. The standard InChI is InChI=1S/C17H30N2O2/c1-14(2)9-18-10-17-16(6-8-21-17)12-19-7-4-5-15(11-19)13-20-3/h6,8,14-15,18H,4-5,7,9-13H2,1-3H3. The molecule has 0 bridgehead atoms. The van der Waals surface area contributed by atoms with Gasteiger partial charge in [-0.25, -0.2) is 0 Å². The van der Waals surface area contributed by atoms with E-state index < -0.39 is 0 Å². The van der Waals surface area contributed by atoms with Crippen molar-refractivity contribution in [1.82, 2.24) is 10.2 Å². The van der Waals surface area contributed by atoms with Gasteiger partial charge in [0.05, 0.1) is 19.4 Å². The molecule has 2 heterocycles. The quantitative estimate of drug-likeness (QED) is 0.800. The van der Waals surface area contributed by atoms with Crippen LogP contribution in [-0.4, -0.2) is 38.3 Å². The molecule has 0 amide bonds. The van der Waals surface area contributed by atoms with Gasteiger partial charge in [0.2, 0.25) is 0 Å². The number of nitrogens with one attached hydrogen (secondary N) is 1. The molecule has 1 unspecified atom stereocenters. The van der Waals surface area contributed by atoms with Crippen molar-refractivity contribution in [3.05, 3.63) is 23.7 Å². The average Bonchev–Trinajstić information content (AvgIpc) is 2.87. The van der Waals surface area contributed by atoms with Crippen LogP contribution in [0, 0.1) is 11.8 Å². The molecule has 2 rings (SSSR count). The van der Waals surface area contributed by atoms with Crippen LogP contribution < -0.4 is 5.32 Å². The highest BCUT2D eigenvalue weighted by atomic mass is 16.5. The highest BCUT2D eigenvalue weighted by molar-refractivity contribution is 5.17. The molecule has 1 aromatic heterocycles. The Bertz CT molecular complexity index is 401. The molecule has 0 spiro atoms. The zero-order valence-electron chi connectivity index (χ0n) is 13.7. The number of piperidine rings is 1. The van der Waals surface area contributed by atoms with Crippen LogP contribution in [0.25, 0.3) is 0 Å². The number of likely N-dealkylation sites (tertiary alicyclic amines) is 1. The molecule has 1 aliphatic heterocycles. The van der Waals surface area contributed by atoms with Crippen LogP contribution in [0.15, 0.2) is 16.7 Å². The van der Waals surface area contributed by atoms with Crippen LogP contribution in [-0.2, 0) is 17.8 Å². The number of furan rings is 1. The van der Waals surface area contributed by atoms with Crippen LogP contribution in [0.2, 0.25) is 0 Å². The van der Waals surface area contributed by atoms with Crippen molar-refractivity contribution >= 4 is 0 Å². The molecule has 120 valence electrons. The van der Waals surface area contributed by atoms with Gasteiger partial charge in [0.1, 0.15) is 5.76 Å². The Morgan fingerprint density at radius 2 is 2.33 bits per heavy atom. The summed E-state index contributed by atoms with van der Waals surface area (Å²) < 4.78 is 11.0. The van der Waals surface area contributed by atoms with Gasteiger partial charge in [0.25, 0.3) is 0 Å². The van der Waals surface area contributed by atoms with Crippen molar-refractivity contribution in [2.75, 3.05) is 33.4 Å². The van der Waals surface area contributed by atoms with E-state index in [0.29, 0.717) is 11.8 Å². The minimum absolute atomic E-state index is 0.667. The Labute approximate surface area is 128 Å². The minimum atomic E-state index is 0.667. The van der Waals surface area contributed by atoms with Crippen LogP contribution in [0.4, 0.5) is 0 Å². The predicted octanol–water partition coefficient (Wildman–Crippen LogP) is 2.88. The molecule has 1 aromatic rings. The number of methoxy groups -OCH3 is 1. The number of rotatable bonds is 8. The van der Waals surface area contributed by atoms with Crippen molar-refractivity contribution in [3.8, 4) is 0 Å². The number of hydrogen-bond acceptors (Lipinski definition) is 4. The Kier molecular flexibility index (Phi) is 6.74. The average molecular weight is 294 g/mol. The smallest absolute Gasteiger partial charge is 0.122 e. The molecule has 1 atom stereocenters. The van der Waals surface area contributed by atoms with Crippen molar-refractivity contribution in [3.63, 3.8) is 0 Å². The molecule has 1 N–H and O–H groups in total. The van der Waals surface area contributed by atoms with Crippen LogP contribution in [0.5, 0.6) is 0 Å². The van der Waals surface area contributed by atoms with Gasteiger partial charge < -0.3 is 14.5 Å². The fourth-order valence-corrected chi connectivity index (χ4v) is 3.04. The van der Waals surface area contributed by atoms with E-state index in [4.69, 9.17) is 9.15 Å². The maximum atomic E-state index is 5.65. The van der Waals surface area contributed by atoms with Crippen molar-refractivity contribution in [1.29, 1.82) is 0 Å². The Balaban J connectivity index is 1.83. The summed E-state index contributed by atoms with van der Waals surface area (Å²) in [6, 6.07) is 2.12. The number of hydrogen-bond donors (Lipinski definition) is 1. The highest BCUT2D eigenvalue weighted by Gasteiger charge is 2.21. The second-order valence-corrected chi connectivity index (χ2v) is 6.59. The molecule has 0 aliphatic carbocycles. The fourth-order valence-electron chi connectivity index (χ4n) is 3.04. The molecule has 1 fully saturated rings. The summed E-state index contributed by atoms with van der Waals surface area (Å²) in [5.41, 5.74) is 1.32. The SMILES string of the molecule is COCC1CCCN(Cc2ccoc2CNCC(C)C)C1. The molecule has 4 heteroatoms. The molecular formula is C17H30N2O2. The van der Waals surface area contributed by atoms with Gasteiger partial charge in [-0.3, -0.25) is 4.90 Å². The first-order chi connectivity index (χ1) is 10.2. The maximum absolute atomic E-state index is 5.65. The third kappa shape index (κ3) is 5.46. The molecule has 0 radical (unpaired) electrons. The third-order valence-corrected chi connectivity index (χ3v) is 4.08. The van der Waals surface area contributed by atoms with E-state index in [1.807, 2.05) is 6.26 Å². The maximum Gasteiger partial charge on any atom is 0.122 e. The Morgan fingerprint density at radius 3 is 3.10 bits per heavy atom. The lowest BCUT2D eigenvalue weighted by Gasteiger charge is -2.32. The summed E-state index contributed by atoms with van der Waals surface area (Å²) in [5.74, 6) is 2.43. The van der Waals surface area contributed by atoms with Gasteiger partial charge in [-0.2, -0.15) is 0 Å². The first kappa shape index (κ1) is 16.5. The monoisotopic (exact) mass is 294 g/mol. The largest absolute Gasteiger partial charge is 0.468 e. The van der Waals surface area contributed by atoms with E-state index in [1.165, 1.54) is 24.9 Å². The van der Waals surface area contributed by atoms with E-state index in [1.54, 1.807) is 7.11 Å². The Hall–Kier alpha value is -0.840. The molecule has 0 aromatic carbocycles. The number of nitrogens with zero attached hydrogens (tertiary/aromatic N) is 1. The minimum Gasteiger partial charge on any atom is -0.468 e. The summed E-state index contributed by atoms with van der Waals surface area (Å²) in [6.45, 7) is 10.5. The Morgan fingerprint density at radius 1 is 1.48 bits per heavy atom. The molecule has 1 aliphatic rings. The zero-order chi connectivity index (χ0) is 15.1. The van der Waals surface area contributed by atoms with E-state index in [-0.39, 0.29) is 0 Å². The zero-order valence-corrected chi connectivity index (χ0v) is 13.7. The van der Waals surface area contributed by atoms with Crippen molar-refractivity contribution in [2.24, 2.45) is 11.8 Å². The van der Waals surface area contributed by atoms with Gasteiger partial charge in [0.15, 0.2) is 0 Å². The first-order valence-electron chi connectivity index (χ1n) is 8.16. The summed E-state index contributed by atoms with van der Waals surface area (Å²) in [7, 11) is 1.80. The fraction of sp³-hybridized carbons (Fsp3) is 0.765. The van der Waals surface area contributed by atoms with E-state index >= 15 is 0 Å². The van der Waals surface area contributed by atoms with Gasteiger partial charge in [-0.05, 0) is 43.8 Å². The lowest BCUT2D eigenvalue weighted by molar-refractivity contribution is 0.0871. The lowest BCUT2D eigenvalue weighted by atomic mass is 9.98. The summed E-state index contributed by atoms with van der Waals surface area (Å²) >= 11 is 0. The van der Waals surface area contributed by atoms with E-state index in [0.717, 1.165) is 38.5 Å². The topological polar surface area (TPSA) is 37.6 Å². The first-order valence-corrected chi connectivity index (χ1v) is 8.16. The van der Waals surface area contributed by atoms with Gasteiger partial charge in [0, 0.05) is 25.8 Å². The second kappa shape index (κ2) is 8.57. The van der Waals surface area contributed by atoms with Gasteiger partial charge in [-0.15, -0.1) is 0 Å². The van der Waals surface area contributed by atoms with Crippen LogP contribution in [0.1, 0.15) is 38.0 Å². The highest BCUT2D eigenvalue weighted by Crippen LogP contribution is 2.20. The molecule has 0 saturated carbocycles. The molecule has 21 heavy (non-hydrogen) atoms. The summed E-state index contributed by atoms with van der Waals surface area (Å²) in [4.78, 5) is 2.53. The molecule has 4 nitrogen and oxygen atoms in total. The van der Waals surface area contributed by atoms with E-state index in [2.05, 4.69) is 30.1 Å². The predicted molar refractivity (Wildman–Crippen MR) is 85.1 cm³/mol. The van der Waals surface area contributed by atoms with Crippen LogP contribution in [0.3, 0.4) is 0 Å². The molecule has 1 saturated heterocycles.